The standard InChI is InChI=1S/C20H22FN5OS.HI/c1-14-25-17(13-28-14)12-26(3)20(22-2)24-11-15-4-9-19(23-10-15)27-18-7-5-16(21)6-8-18;/h4-10,13H,11-12H2,1-3H3,(H,22,24);1H. The second-order valence-electron chi connectivity index (χ2n) is 6.18. The molecule has 0 aliphatic rings. The predicted octanol–water partition coefficient (Wildman–Crippen LogP) is 4.60. The summed E-state index contributed by atoms with van der Waals surface area (Å²) >= 11 is 1.64. The Balaban J connectivity index is 0.00000300. The first-order valence-electron chi connectivity index (χ1n) is 8.74. The summed E-state index contributed by atoms with van der Waals surface area (Å²) in [7, 11) is 3.73. The van der Waals surface area contributed by atoms with Gasteiger partial charge in [0.2, 0.25) is 5.88 Å². The summed E-state index contributed by atoms with van der Waals surface area (Å²) in [6.45, 7) is 3.27. The molecule has 0 saturated carbocycles. The third-order valence-corrected chi connectivity index (χ3v) is 4.75. The maximum atomic E-state index is 12.9. The minimum atomic E-state index is -0.301. The molecule has 0 aliphatic heterocycles. The van der Waals surface area contributed by atoms with Crippen molar-refractivity contribution in [2.45, 2.75) is 20.0 Å². The van der Waals surface area contributed by atoms with Crippen LogP contribution in [0.15, 0.2) is 53.0 Å². The van der Waals surface area contributed by atoms with Crippen molar-refractivity contribution in [3.63, 3.8) is 0 Å². The zero-order chi connectivity index (χ0) is 19.9. The molecule has 0 fully saturated rings. The van der Waals surface area contributed by atoms with Gasteiger partial charge in [0.15, 0.2) is 5.96 Å². The summed E-state index contributed by atoms with van der Waals surface area (Å²) in [5.74, 6) is 1.47. The number of guanidine groups is 1. The van der Waals surface area contributed by atoms with Crippen molar-refractivity contribution in [3.8, 4) is 11.6 Å². The summed E-state index contributed by atoms with van der Waals surface area (Å²) in [4.78, 5) is 15.1. The van der Waals surface area contributed by atoms with E-state index in [0.717, 1.165) is 22.2 Å². The van der Waals surface area contributed by atoms with Crippen molar-refractivity contribution in [2.75, 3.05) is 14.1 Å². The van der Waals surface area contributed by atoms with E-state index < -0.39 is 0 Å². The Morgan fingerprint density at radius 3 is 2.59 bits per heavy atom. The molecule has 0 unspecified atom stereocenters. The summed E-state index contributed by atoms with van der Waals surface area (Å²) in [6, 6.07) is 9.54. The van der Waals surface area contributed by atoms with Crippen LogP contribution in [0.1, 0.15) is 16.3 Å². The quantitative estimate of drug-likeness (QED) is 0.289. The highest BCUT2D eigenvalue weighted by atomic mass is 127. The Bertz CT molecular complexity index is 931. The maximum absolute atomic E-state index is 12.9. The molecule has 3 rings (SSSR count). The Labute approximate surface area is 190 Å². The number of nitrogens with one attached hydrogen (secondary N) is 1. The van der Waals surface area contributed by atoms with Gasteiger partial charge in [0.1, 0.15) is 11.6 Å². The van der Waals surface area contributed by atoms with Gasteiger partial charge in [-0.1, -0.05) is 6.07 Å². The lowest BCUT2D eigenvalue weighted by molar-refractivity contribution is 0.460. The third kappa shape index (κ3) is 6.93. The highest BCUT2D eigenvalue weighted by Gasteiger charge is 2.09. The maximum Gasteiger partial charge on any atom is 0.219 e. The second-order valence-corrected chi connectivity index (χ2v) is 7.24. The number of benzene rings is 1. The first-order valence-corrected chi connectivity index (χ1v) is 9.62. The SMILES string of the molecule is CN=C(NCc1ccc(Oc2ccc(F)cc2)nc1)N(C)Cc1csc(C)n1.I. The Hall–Kier alpha value is -2.27. The van der Waals surface area contributed by atoms with Gasteiger partial charge in [-0.3, -0.25) is 4.99 Å². The van der Waals surface area contributed by atoms with Crippen LogP contribution in [0.3, 0.4) is 0 Å². The third-order valence-electron chi connectivity index (χ3n) is 3.92. The summed E-state index contributed by atoms with van der Waals surface area (Å²) in [5.41, 5.74) is 2.02. The number of aliphatic imine (C=N–C) groups is 1. The van der Waals surface area contributed by atoms with Gasteiger partial charge < -0.3 is 15.0 Å². The van der Waals surface area contributed by atoms with Gasteiger partial charge in [-0.25, -0.2) is 14.4 Å². The number of hydrogen-bond acceptors (Lipinski definition) is 5. The number of pyridine rings is 1. The number of aromatic nitrogens is 2. The van der Waals surface area contributed by atoms with E-state index in [1.54, 1.807) is 42.8 Å². The molecule has 0 spiro atoms. The van der Waals surface area contributed by atoms with Gasteiger partial charge in [-0.2, -0.15) is 0 Å². The van der Waals surface area contributed by atoms with Gasteiger partial charge in [0, 0.05) is 38.3 Å². The minimum Gasteiger partial charge on any atom is -0.439 e. The van der Waals surface area contributed by atoms with Crippen molar-refractivity contribution in [2.24, 2.45) is 4.99 Å². The molecule has 2 heterocycles. The summed E-state index contributed by atoms with van der Waals surface area (Å²) in [5, 5.41) is 6.43. The number of nitrogens with zero attached hydrogens (tertiary/aromatic N) is 4. The lowest BCUT2D eigenvalue weighted by Crippen LogP contribution is -2.38. The van der Waals surface area contributed by atoms with Crippen LogP contribution < -0.4 is 10.1 Å². The first kappa shape index (κ1) is 23.0. The average Bonchev–Trinajstić information content (AvgIpc) is 3.10. The molecule has 0 amide bonds. The van der Waals surface area contributed by atoms with E-state index in [1.165, 1.54) is 12.1 Å². The second kappa shape index (κ2) is 11.1. The molecule has 0 bridgehead atoms. The molecule has 9 heteroatoms. The molecule has 0 aliphatic carbocycles. The molecule has 3 aromatic rings. The molecular weight excluding hydrogens is 504 g/mol. The van der Waals surface area contributed by atoms with Gasteiger partial charge in [0.25, 0.3) is 0 Å². The first-order chi connectivity index (χ1) is 13.5. The van der Waals surface area contributed by atoms with Crippen LogP contribution >= 0.6 is 35.3 Å². The monoisotopic (exact) mass is 527 g/mol. The van der Waals surface area contributed by atoms with Gasteiger partial charge in [-0.05, 0) is 36.8 Å². The van der Waals surface area contributed by atoms with E-state index in [4.69, 9.17) is 4.74 Å². The number of aryl methyl sites for hydroxylation is 1. The molecule has 1 N–H and O–H groups in total. The van der Waals surface area contributed by atoms with Crippen molar-refractivity contribution in [1.29, 1.82) is 0 Å². The lowest BCUT2D eigenvalue weighted by atomic mass is 10.3. The van der Waals surface area contributed by atoms with Crippen molar-refractivity contribution < 1.29 is 9.13 Å². The van der Waals surface area contributed by atoms with Gasteiger partial charge in [0.05, 0.1) is 17.2 Å². The fraction of sp³-hybridized carbons (Fsp3) is 0.250. The van der Waals surface area contributed by atoms with Crippen LogP contribution in [0.2, 0.25) is 0 Å². The van der Waals surface area contributed by atoms with E-state index in [0.29, 0.717) is 24.7 Å². The van der Waals surface area contributed by atoms with Crippen LogP contribution in [-0.4, -0.2) is 34.9 Å². The van der Waals surface area contributed by atoms with Crippen molar-refractivity contribution in [1.82, 2.24) is 20.2 Å². The van der Waals surface area contributed by atoms with Crippen LogP contribution in [0, 0.1) is 12.7 Å². The Kier molecular flexibility index (Phi) is 8.77. The summed E-state index contributed by atoms with van der Waals surface area (Å²) in [6.07, 6.45) is 1.74. The topological polar surface area (TPSA) is 62.6 Å². The van der Waals surface area contributed by atoms with Crippen LogP contribution in [0.4, 0.5) is 4.39 Å². The molecule has 6 nitrogen and oxygen atoms in total. The summed E-state index contributed by atoms with van der Waals surface area (Å²) < 4.78 is 18.5. The van der Waals surface area contributed by atoms with Crippen LogP contribution in [-0.2, 0) is 13.1 Å². The highest BCUT2D eigenvalue weighted by Crippen LogP contribution is 2.19. The fourth-order valence-electron chi connectivity index (χ4n) is 2.56. The van der Waals surface area contributed by atoms with E-state index in [9.17, 15) is 4.39 Å². The molecule has 1 aromatic carbocycles. The normalized spacial score (nSPS) is 11.0. The van der Waals surface area contributed by atoms with Crippen LogP contribution in [0.5, 0.6) is 11.6 Å². The van der Waals surface area contributed by atoms with Gasteiger partial charge >= 0.3 is 0 Å². The highest BCUT2D eigenvalue weighted by molar-refractivity contribution is 14.0. The smallest absolute Gasteiger partial charge is 0.219 e. The number of hydrogen-bond donors (Lipinski definition) is 1. The molecule has 29 heavy (non-hydrogen) atoms. The fourth-order valence-corrected chi connectivity index (χ4v) is 3.17. The Morgan fingerprint density at radius 2 is 2.00 bits per heavy atom. The minimum absolute atomic E-state index is 0. The zero-order valence-electron chi connectivity index (χ0n) is 16.4. The molecule has 0 saturated heterocycles. The van der Waals surface area contributed by atoms with Crippen LogP contribution in [0.25, 0.3) is 0 Å². The van der Waals surface area contributed by atoms with Gasteiger partial charge in [-0.15, -0.1) is 35.3 Å². The molecule has 0 radical (unpaired) electrons. The molecule has 0 atom stereocenters. The largest absolute Gasteiger partial charge is 0.439 e. The molecule has 2 aromatic heterocycles. The average molecular weight is 527 g/mol. The number of thiazole rings is 1. The van der Waals surface area contributed by atoms with E-state index in [2.05, 4.69) is 25.7 Å². The number of halogens is 2. The number of ether oxygens (including phenoxy) is 1. The van der Waals surface area contributed by atoms with Crippen molar-refractivity contribution >= 4 is 41.3 Å². The lowest BCUT2D eigenvalue weighted by Gasteiger charge is -2.21. The zero-order valence-corrected chi connectivity index (χ0v) is 19.6. The Morgan fingerprint density at radius 1 is 1.24 bits per heavy atom. The van der Waals surface area contributed by atoms with E-state index in [-0.39, 0.29) is 29.8 Å². The molecule has 154 valence electrons. The van der Waals surface area contributed by atoms with E-state index >= 15 is 0 Å². The predicted molar refractivity (Wildman–Crippen MR) is 125 cm³/mol. The van der Waals surface area contributed by atoms with E-state index in [1.807, 2.05) is 24.9 Å². The number of rotatable bonds is 6. The van der Waals surface area contributed by atoms with Crippen molar-refractivity contribution in [3.05, 3.63) is 70.1 Å². The molecular formula is C20H23FIN5OS.